The number of para-hydroxylation sites is 2. The minimum atomic E-state index is 0. The summed E-state index contributed by atoms with van der Waals surface area (Å²) in [6.07, 6.45) is 13.3. The Bertz CT molecular complexity index is 1440. The molecule has 0 amide bonds. The number of hydrogen-bond donors (Lipinski definition) is 4. The molecule has 4 rings (SSSR count). The minimum absolute atomic E-state index is 0. The van der Waals surface area contributed by atoms with Gasteiger partial charge in [0.1, 0.15) is 30.8 Å². The maximum atomic E-state index is 10.8. The summed E-state index contributed by atoms with van der Waals surface area (Å²) in [7, 11) is 0. The standard InChI is InChI=1S/C43H58N2O3.ClH/c1-2-3-4-5-6-7-8-15-28-43(44-40(33-36-20-11-9-12-21-36)34-39-25-17-19-27-42(39)48)45(31-32-46,35-37-22-13-10-14-23-37)30-29-38-24-16-18-26-41(38)47;/h9-14,16-27,40,43-44,46H,2-8,15,28-35H2,1H3,(H-,47,48);1H. The highest BCUT2D eigenvalue weighted by atomic mass is 35.5. The van der Waals surface area contributed by atoms with Crippen LogP contribution < -0.4 is 17.7 Å². The molecule has 5 nitrogen and oxygen atoms in total. The molecule has 4 N–H and O–H groups in total. The second-order valence-electron chi connectivity index (χ2n) is 13.6. The fourth-order valence-electron chi connectivity index (χ4n) is 7.20. The summed E-state index contributed by atoms with van der Waals surface area (Å²) in [4.78, 5) is 0. The van der Waals surface area contributed by atoms with Crippen LogP contribution >= 0.6 is 0 Å². The van der Waals surface area contributed by atoms with Crippen LogP contribution in [0.3, 0.4) is 0 Å². The fraction of sp³-hybridized carbons (Fsp3) is 0.442. The molecule has 0 spiro atoms. The Labute approximate surface area is 302 Å². The number of nitrogens with zero attached hydrogens (tertiary/aromatic N) is 1. The molecule has 0 heterocycles. The van der Waals surface area contributed by atoms with E-state index in [9.17, 15) is 15.3 Å². The third-order valence-electron chi connectivity index (χ3n) is 9.91. The van der Waals surface area contributed by atoms with E-state index >= 15 is 0 Å². The molecular formula is C43H59ClN2O3. The van der Waals surface area contributed by atoms with Gasteiger partial charge in [-0.3, -0.25) is 5.32 Å². The predicted molar refractivity (Wildman–Crippen MR) is 199 cm³/mol. The van der Waals surface area contributed by atoms with Crippen molar-refractivity contribution in [1.82, 2.24) is 5.32 Å². The van der Waals surface area contributed by atoms with Crippen molar-refractivity contribution in [2.24, 2.45) is 0 Å². The van der Waals surface area contributed by atoms with Crippen molar-refractivity contribution in [3.63, 3.8) is 0 Å². The lowest BCUT2D eigenvalue weighted by Gasteiger charge is -2.47. The van der Waals surface area contributed by atoms with Gasteiger partial charge in [-0.1, -0.05) is 149 Å². The van der Waals surface area contributed by atoms with Gasteiger partial charge in [0.15, 0.2) is 0 Å². The number of halogens is 1. The molecule has 3 atom stereocenters. The van der Waals surface area contributed by atoms with Crippen LogP contribution in [0.4, 0.5) is 0 Å². The van der Waals surface area contributed by atoms with E-state index in [-0.39, 0.29) is 31.2 Å². The Morgan fingerprint density at radius 1 is 0.592 bits per heavy atom. The molecule has 0 bridgehead atoms. The molecule has 0 aromatic heterocycles. The van der Waals surface area contributed by atoms with Gasteiger partial charge in [-0.25, -0.2) is 0 Å². The number of quaternary nitrogens is 1. The molecule has 3 unspecified atom stereocenters. The number of unbranched alkanes of at least 4 members (excludes halogenated alkanes) is 7. The third kappa shape index (κ3) is 13.5. The summed E-state index contributed by atoms with van der Waals surface area (Å²) in [6.45, 7) is 4.50. The van der Waals surface area contributed by atoms with E-state index in [0.717, 1.165) is 43.5 Å². The summed E-state index contributed by atoms with van der Waals surface area (Å²) in [6, 6.07) is 36.7. The van der Waals surface area contributed by atoms with Crippen molar-refractivity contribution in [2.75, 3.05) is 19.7 Å². The number of aliphatic hydroxyl groups excluding tert-OH is 1. The normalized spacial score (nSPS) is 13.7. The zero-order chi connectivity index (χ0) is 33.9. The van der Waals surface area contributed by atoms with Crippen molar-refractivity contribution in [3.8, 4) is 11.5 Å². The fourth-order valence-corrected chi connectivity index (χ4v) is 7.20. The van der Waals surface area contributed by atoms with Crippen LogP contribution in [-0.4, -0.2) is 51.7 Å². The zero-order valence-electron chi connectivity index (χ0n) is 29.5. The van der Waals surface area contributed by atoms with Crippen LogP contribution in [0.1, 0.15) is 87.0 Å². The molecular weight excluding hydrogens is 628 g/mol. The maximum absolute atomic E-state index is 10.8. The molecule has 0 saturated heterocycles. The van der Waals surface area contributed by atoms with Gasteiger partial charge in [-0.05, 0) is 48.1 Å². The lowest BCUT2D eigenvalue weighted by atomic mass is 9.96. The number of phenolic OH excluding ortho intramolecular Hbond substituents is 2. The molecule has 0 saturated carbocycles. The maximum Gasteiger partial charge on any atom is 0.143 e. The van der Waals surface area contributed by atoms with Crippen LogP contribution in [0.2, 0.25) is 0 Å². The molecule has 49 heavy (non-hydrogen) atoms. The molecule has 0 fully saturated rings. The predicted octanol–water partition coefficient (Wildman–Crippen LogP) is 5.95. The van der Waals surface area contributed by atoms with Gasteiger partial charge in [0.2, 0.25) is 0 Å². The van der Waals surface area contributed by atoms with Crippen molar-refractivity contribution in [2.45, 2.75) is 103 Å². The van der Waals surface area contributed by atoms with Gasteiger partial charge in [0.25, 0.3) is 0 Å². The lowest BCUT2D eigenvalue weighted by Crippen LogP contribution is -3.00. The average Bonchev–Trinajstić information content (AvgIpc) is 3.10. The number of phenols is 2. The SMILES string of the molecule is CCCCCCCCCCC(NC(Cc1ccccc1)Cc1ccccc1O)[N+](CCO)(CCc1ccccc1O)Cc1ccccc1.[Cl-]. The Morgan fingerprint density at radius 3 is 1.71 bits per heavy atom. The van der Waals surface area contributed by atoms with E-state index < -0.39 is 0 Å². The van der Waals surface area contributed by atoms with E-state index in [4.69, 9.17) is 0 Å². The number of aromatic hydroxyl groups is 2. The Kier molecular flexibility index (Phi) is 18.3. The Morgan fingerprint density at radius 2 is 1.12 bits per heavy atom. The van der Waals surface area contributed by atoms with Gasteiger partial charge >= 0.3 is 0 Å². The number of hydrogen-bond acceptors (Lipinski definition) is 4. The van der Waals surface area contributed by atoms with Gasteiger partial charge in [-0.15, -0.1) is 0 Å². The van der Waals surface area contributed by atoms with Crippen molar-refractivity contribution in [3.05, 3.63) is 131 Å². The van der Waals surface area contributed by atoms with Crippen LogP contribution in [0.5, 0.6) is 11.5 Å². The average molecular weight is 687 g/mol. The van der Waals surface area contributed by atoms with Gasteiger partial charge < -0.3 is 32.2 Å². The van der Waals surface area contributed by atoms with Crippen LogP contribution in [0.25, 0.3) is 0 Å². The molecule has 6 heteroatoms. The van der Waals surface area contributed by atoms with Crippen LogP contribution in [0, 0.1) is 0 Å². The van der Waals surface area contributed by atoms with Crippen LogP contribution in [-0.2, 0) is 25.8 Å². The Hall–Kier alpha value is -3.35. The monoisotopic (exact) mass is 686 g/mol. The molecule has 0 aliphatic carbocycles. The first-order chi connectivity index (χ1) is 23.5. The molecule has 4 aromatic rings. The van der Waals surface area contributed by atoms with E-state index in [0.29, 0.717) is 35.4 Å². The molecule has 0 aliphatic heterocycles. The largest absolute Gasteiger partial charge is 1.00 e. The van der Waals surface area contributed by atoms with E-state index in [1.54, 1.807) is 12.1 Å². The minimum Gasteiger partial charge on any atom is -1.00 e. The summed E-state index contributed by atoms with van der Waals surface area (Å²) < 4.78 is 0.664. The highest BCUT2D eigenvalue weighted by Crippen LogP contribution is 2.28. The molecule has 4 aromatic carbocycles. The summed E-state index contributed by atoms with van der Waals surface area (Å²) in [5.74, 6) is 0.658. The number of rotatable bonds is 23. The molecule has 0 radical (unpaired) electrons. The number of benzene rings is 4. The van der Waals surface area contributed by atoms with Gasteiger partial charge in [0, 0.05) is 24.4 Å². The summed E-state index contributed by atoms with van der Waals surface area (Å²) in [5.41, 5.74) is 4.38. The first kappa shape index (κ1) is 40.1. The summed E-state index contributed by atoms with van der Waals surface area (Å²) >= 11 is 0. The van der Waals surface area contributed by atoms with Gasteiger partial charge in [-0.2, -0.15) is 0 Å². The van der Waals surface area contributed by atoms with E-state index in [1.165, 1.54) is 56.1 Å². The topological polar surface area (TPSA) is 72.7 Å². The lowest BCUT2D eigenvalue weighted by molar-refractivity contribution is -0.967. The van der Waals surface area contributed by atoms with Crippen molar-refractivity contribution >= 4 is 0 Å². The van der Waals surface area contributed by atoms with Crippen LogP contribution in [0.15, 0.2) is 109 Å². The first-order valence-electron chi connectivity index (χ1n) is 18.4. The highest BCUT2D eigenvalue weighted by Gasteiger charge is 2.38. The second-order valence-corrected chi connectivity index (χ2v) is 13.6. The van der Waals surface area contributed by atoms with E-state index in [2.05, 4.69) is 72.9 Å². The molecule has 266 valence electrons. The molecule has 0 aliphatic rings. The van der Waals surface area contributed by atoms with E-state index in [1.807, 2.05) is 36.4 Å². The first-order valence-corrected chi connectivity index (χ1v) is 18.4. The van der Waals surface area contributed by atoms with Crippen molar-refractivity contribution < 1.29 is 32.2 Å². The highest BCUT2D eigenvalue weighted by molar-refractivity contribution is 5.33. The quantitative estimate of drug-likeness (QED) is 0.0442. The second kappa shape index (κ2) is 22.4. The van der Waals surface area contributed by atoms with Crippen molar-refractivity contribution in [1.29, 1.82) is 0 Å². The third-order valence-corrected chi connectivity index (χ3v) is 9.91. The number of aliphatic hydroxyl groups is 1. The Balaban J connectivity index is 0.00000650. The zero-order valence-corrected chi connectivity index (χ0v) is 30.3. The van der Waals surface area contributed by atoms with Gasteiger partial charge in [0.05, 0.1) is 13.2 Å². The summed E-state index contributed by atoms with van der Waals surface area (Å²) in [5, 5.41) is 36.5. The number of nitrogens with one attached hydrogen (secondary N) is 1. The smallest absolute Gasteiger partial charge is 0.143 e.